The molecule has 0 unspecified atom stereocenters. The largest absolute Gasteiger partial charge is 0.274 e. The van der Waals surface area contributed by atoms with Gasteiger partial charge in [0.2, 0.25) is 15.9 Å². The first kappa shape index (κ1) is 18.7. The fraction of sp³-hybridized carbons (Fsp3) is 0.588. The van der Waals surface area contributed by atoms with E-state index in [9.17, 15) is 13.2 Å². The zero-order chi connectivity index (χ0) is 16.8. The average Bonchev–Trinajstić information content (AvgIpc) is 2.38. The second-order valence-electron chi connectivity index (χ2n) is 6.99. The summed E-state index contributed by atoms with van der Waals surface area (Å²) in [4.78, 5) is 11.7. The van der Waals surface area contributed by atoms with E-state index in [4.69, 9.17) is 0 Å². The van der Waals surface area contributed by atoms with Crippen LogP contribution in [-0.4, -0.2) is 20.1 Å². The number of rotatable bonds is 7. The molecule has 1 rings (SSSR count). The van der Waals surface area contributed by atoms with E-state index in [-0.39, 0.29) is 17.6 Å². The van der Waals surface area contributed by atoms with Crippen molar-refractivity contribution in [2.75, 3.05) is 5.75 Å². The van der Waals surface area contributed by atoms with Gasteiger partial charge in [-0.15, -0.1) is 0 Å². The number of nitrogens with one attached hydrogen (secondary N) is 1. The highest BCUT2D eigenvalue weighted by atomic mass is 32.2. The van der Waals surface area contributed by atoms with Gasteiger partial charge in [-0.2, -0.15) is 0 Å². The summed E-state index contributed by atoms with van der Waals surface area (Å²) in [6, 6.07) is 8.14. The van der Waals surface area contributed by atoms with Crippen LogP contribution in [0.5, 0.6) is 0 Å². The van der Waals surface area contributed by atoms with Crippen LogP contribution in [0.25, 0.3) is 0 Å². The van der Waals surface area contributed by atoms with Crippen LogP contribution in [0.15, 0.2) is 24.3 Å². The third-order valence-corrected chi connectivity index (χ3v) is 4.66. The van der Waals surface area contributed by atoms with E-state index in [0.717, 1.165) is 12.0 Å². The number of benzene rings is 1. The van der Waals surface area contributed by atoms with Crippen LogP contribution in [0.3, 0.4) is 0 Å². The fourth-order valence-corrected chi connectivity index (χ4v) is 3.36. The molecule has 0 saturated carbocycles. The second-order valence-corrected chi connectivity index (χ2v) is 8.84. The molecule has 1 N–H and O–H groups in total. The summed E-state index contributed by atoms with van der Waals surface area (Å²) >= 11 is 0. The Morgan fingerprint density at radius 2 is 1.73 bits per heavy atom. The van der Waals surface area contributed by atoms with Crippen molar-refractivity contribution in [1.82, 2.24) is 4.72 Å². The van der Waals surface area contributed by atoms with Crippen molar-refractivity contribution in [1.29, 1.82) is 0 Å². The highest BCUT2D eigenvalue weighted by Crippen LogP contribution is 2.18. The molecule has 0 fully saturated rings. The molecular formula is C17H27NO3S. The standard InChI is InChI=1S/C17H27NO3S/c1-14-8-10-15(11-9-14)6-5-7-16(19)18-22(20,21)13-12-17(2,3)4/h8-11H,5-7,12-13H2,1-4H3,(H,18,19). The third-order valence-electron chi connectivity index (χ3n) is 3.38. The second kappa shape index (κ2) is 7.77. The first-order valence-electron chi connectivity index (χ1n) is 7.66. The van der Waals surface area contributed by atoms with Crippen molar-refractivity contribution < 1.29 is 13.2 Å². The Kier molecular flexibility index (Phi) is 6.60. The van der Waals surface area contributed by atoms with E-state index in [0.29, 0.717) is 12.8 Å². The molecule has 0 heterocycles. The normalized spacial score (nSPS) is 12.2. The minimum atomic E-state index is -3.51. The quantitative estimate of drug-likeness (QED) is 0.837. The van der Waals surface area contributed by atoms with Crippen molar-refractivity contribution in [3.05, 3.63) is 35.4 Å². The van der Waals surface area contributed by atoms with E-state index in [1.54, 1.807) is 0 Å². The topological polar surface area (TPSA) is 63.2 Å². The molecule has 0 aliphatic carbocycles. The average molecular weight is 325 g/mol. The Hall–Kier alpha value is -1.36. The zero-order valence-electron chi connectivity index (χ0n) is 14.0. The number of aryl methyl sites for hydroxylation is 2. The van der Waals surface area contributed by atoms with Crippen molar-refractivity contribution in [2.45, 2.75) is 53.4 Å². The van der Waals surface area contributed by atoms with Crippen molar-refractivity contribution >= 4 is 15.9 Å². The van der Waals surface area contributed by atoms with Gasteiger partial charge in [-0.3, -0.25) is 9.52 Å². The van der Waals surface area contributed by atoms with Crippen LogP contribution < -0.4 is 4.72 Å². The molecule has 0 aliphatic heterocycles. The zero-order valence-corrected chi connectivity index (χ0v) is 14.8. The van der Waals surface area contributed by atoms with Gasteiger partial charge in [-0.05, 0) is 37.2 Å². The van der Waals surface area contributed by atoms with Crippen LogP contribution in [0.4, 0.5) is 0 Å². The maximum atomic E-state index is 11.8. The van der Waals surface area contributed by atoms with Gasteiger partial charge in [-0.1, -0.05) is 50.6 Å². The van der Waals surface area contributed by atoms with Crippen molar-refractivity contribution in [2.24, 2.45) is 5.41 Å². The smallest absolute Gasteiger partial charge is 0.234 e. The van der Waals surface area contributed by atoms with Gasteiger partial charge in [0.05, 0.1) is 5.75 Å². The summed E-state index contributed by atoms with van der Waals surface area (Å²) in [6.07, 6.45) is 2.17. The van der Waals surface area contributed by atoms with Crippen LogP contribution in [0.1, 0.15) is 51.2 Å². The number of carbonyl (C=O) groups excluding carboxylic acids is 1. The molecule has 0 atom stereocenters. The Morgan fingerprint density at radius 1 is 1.14 bits per heavy atom. The summed E-state index contributed by atoms with van der Waals surface area (Å²) in [5, 5.41) is 0. The minimum absolute atomic E-state index is 0.0137. The molecule has 1 aromatic carbocycles. The monoisotopic (exact) mass is 325 g/mol. The third kappa shape index (κ3) is 8.17. The molecule has 0 saturated heterocycles. The van der Waals surface area contributed by atoms with Gasteiger partial charge in [0.1, 0.15) is 0 Å². The van der Waals surface area contributed by atoms with E-state index in [1.165, 1.54) is 5.56 Å². The molecule has 1 aromatic rings. The maximum absolute atomic E-state index is 11.8. The molecule has 5 heteroatoms. The highest BCUT2D eigenvalue weighted by molar-refractivity contribution is 7.90. The van der Waals surface area contributed by atoms with Gasteiger partial charge in [0, 0.05) is 6.42 Å². The molecule has 0 radical (unpaired) electrons. The van der Waals surface area contributed by atoms with Crippen molar-refractivity contribution in [3.63, 3.8) is 0 Å². The van der Waals surface area contributed by atoms with E-state index < -0.39 is 15.9 Å². The van der Waals surface area contributed by atoms with Crippen LogP contribution >= 0.6 is 0 Å². The summed E-state index contributed by atoms with van der Waals surface area (Å²) in [6.45, 7) is 7.96. The van der Waals surface area contributed by atoms with E-state index in [2.05, 4.69) is 4.72 Å². The number of hydrogen-bond donors (Lipinski definition) is 1. The highest BCUT2D eigenvalue weighted by Gasteiger charge is 2.19. The first-order valence-corrected chi connectivity index (χ1v) is 9.31. The lowest BCUT2D eigenvalue weighted by molar-refractivity contribution is -0.119. The summed E-state index contributed by atoms with van der Waals surface area (Å²) in [5.41, 5.74) is 2.30. The number of carbonyl (C=O) groups is 1. The summed E-state index contributed by atoms with van der Waals surface area (Å²) in [7, 11) is -3.51. The number of sulfonamides is 1. The SMILES string of the molecule is Cc1ccc(CCCC(=O)NS(=O)(=O)CCC(C)(C)C)cc1. The molecule has 0 bridgehead atoms. The predicted molar refractivity (Wildman–Crippen MR) is 90.1 cm³/mol. The van der Waals surface area contributed by atoms with E-state index in [1.807, 2.05) is 52.0 Å². The number of amides is 1. The molecule has 4 nitrogen and oxygen atoms in total. The lowest BCUT2D eigenvalue weighted by Crippen LogP contribution is -2.33. The van der Waals surface area contributed by atoms with E-state index >= 15 is 0 Å². The first-order chi connectivity index (χ1) is 10.1. The summed E-state index contributed by atoms with van der Waals surface area (Å²) < 4.78 is 25.8. The Labute approximate surface area is 134 Å². The molecule has 22 heavy (non-hydrogen) atoms. The minimum Gasteiger partial charge on any atom is -0.274 e. The lowest BCUT2D eigenvalue weighted by Gasteiger charge is -2.17. The molecule has 1 amide bonds. The number of hydrogen-bond acceptors (Lipinski definition) is 3. The van der Waals surface area contributed by atoms with Crippen molar-refractivity contribution in [3.8, 4) is 0 Å². The Balaban J connectivity index is 2.35. The lowest BCUT2D eigenvalue weighted by atomic mass is 9.94. The van der Waals surface area contributed by atoms with Crippen LogP contribution in [0.2, 0.25) is 0 Å². The fourth-order valence-electron chi connectivity index (χ4n) is 1.92. The summed E-state index contributed by atoms with van der Waals surface area (Å²) in [5.74, 6) is -0.429. The van der Waals surface area contributed by atoms with Crippen LogP contribution in [-0.2, 0) is 21.2 Å². The molecule has 124 valence electrons. The Bertz CT molecular complexity index is 583. The van der Waals surface area contributed by atoms with Gasteiger partial charge < -0.3 is 0 Å². The van der Waals surface area contributed by atoms with Gasteiger partial charge >= 0.3 is 0 Å². The molecule has 0 spiro atoms. The van der Waals surface area contributed by atoms with Gasteiger partial charge in [0.25, 0.3) is 0 Å². The van der Waals surface area contributed by atoms with Crippen LogP contribution in [0, 0.1) is 12.3 Å². The van der Waals surface area contributed by atoms with Gasteiger partial charge in [0.15, 0.2) is 0 Å². The Morgan fingerprint density at radius 3 is 2.27 bits per heavy atom. The molecule has 0 aliphatic rings. The molecular weight excluding hydrogens is 298 g/mol. The van der Waals surface area contributed by atoms with Gasteiger partial charge in [-0.25, -0.2) is 8.42 Å². The maximum Gasteiger partial charge on any atom is 0.234 e. The molecule has 0 aromatic heterocycles. The predicted octanol–water partition coefficient (Wildman–Crippen LogP) is 3.20.